The number of hydrogen-bond acceptors (Lipinski definition) is 3. The standard InChI is InChI=1S/C15H18ClN3O2/c1-15(2,21)9-19(3)14(20)12-8-17-18-13(12)10-5-4-6-11(16)7-10/h4-8,21H,9H2,1-3H3,(H,17,18). The van der Waals surface area contributed by atoms with Gasteiger partial charge in [0.1, 0.15) is 0 Å². The van der Waals surface area contributed by atoms with Crippen LogP contribution < -0.4 is 0 Å². The molecule has 2 rings (SSSR count). The zero-order valence-electron chi connectivity index (χ0n) is 12.2. The van der Waals surface area contributed by atoms with Crippen molar-refractivity contribution in [1.82, 2.24) is 15.1 Å². The lowest BCUT2D eigenvalue weighted by atomic mass is 10.1. The lowest BCUT2D eigenvalue weighted by Crippen LogP contribution is -2.39. The lowest BCUT2D eigenvalue weighted by Gasteiger charge is -2.25. The Bertz CT molecular complexity index is 646. The number of benzene rings is 1. The van der Waals surface area contributed by atoms with Gasteiger partial charge < -0.3 is 10.0 Å². The minimum absolute atomic E-state index is 0.208. The first-order chi connectivity index (χ1) is 9.78. The second-order valence-electron chi connectivity index (χ2n) is 5.64. The molecule has 1 amide bonds. The van der Waals surface area contributed by atoms with Gasteiger partial charge in [0.15, 0.2) is 0 Å². The Kier molecular flexibility index (Phi) is 4.34. The number of nitrogens with one attached hydrogen (secondary N) is 1. The number of H-pyrrole nitrogens is 1. The van der Waals surface area contributed by atoms with Gasteiger partial charge in [-0.2, -0.15) is 5.10 Å². The zero-order valence-corrected chi connectivity index (χ0v) is 13.0. The number of hydrogen-bond donors (Lipinski definition) is 2. The number of carbonyl (C=O) groups excluding carboxylic acids is 1. The van der Waals surface area contributed by atoms with Gasteiger partial charge in [-0.1, -0.05) is 23.7 Å². The number of aliphatic hydroxyl groups is 1. The van der Waals surface area contributed by atoms with Crippen LogP contribution in [0.2, 0.25) is 5.02 Å². The highest BCUT2D eigenvalue weighted by Crippen LogP contribution is 2.25. The molecule has 0 spiro atoms. The van der Waals surface area contributed by atoms with Crippen molar-refractivity contribution in [3.05, 3.63) is 41.0 Å². The summed E-state index contributed by atoms with van der Waals surface area (Å²) in [7, 11) is 1.65. The van der Waals surface area contributed by atoms with Gasteiger partial charge >= 0.3 is 0 Å². The monoisotopic (exact) mass is 307 g/mol. The Morgan fingerprint density at radius 2 is 2.19 bits per heavy atom. The van der Waals surface area contributed by atoms with E-state index >= 15 is 0 Å². The summed E-state index contributed by atoms with van der Waals surface area (Å²) < 4.78 is 0. The number of rotatable bonds is 4. The van der Waals surface area contributed by atoms with Crippen LogP contribution in [-0.2, 0) is 0 Å². The van der Waals surface area contributed by atoms with Crippen LogP contribution in [0.5, 0.6) is 0 Å². The Labute approximate surface area is 128 Å². The van der Waals surface area contributed by atoms with Crippen molar-refractivity contribution < 1.29 is 9.90 Å². The molecule has 1 aromatic heterocycles. The predicted molar refractivity (Wildman–Crippen MR) is 82.3 cm³/mol. The van der Waals surface area contributed by atoms with E-state index in [1.165, 1.54) is 11.1 Å². The summed E-state index contributed by atoms with van der Waals surface area (Å²) in [5, 5.41) is 17.2. The average molecular weight is 308 g/mol. The van der Waals surface area contributed by atoms with E-state index in [0.29, 0.717) is 16.3 Å². The normalized spacial score (nSPS) is 11.5. The van der Waals surface area contributed by atoms with Crippen molar-refractivity contribution in [3.8, 4) is 11.3 Å². The van der Waals surface area contributed by atoms with Crippen molar-refractivity contribution >= 4 is 17.5 Å². The van der Waals surface area contributed by atoms with Crippen molar-refractivity contribution in [2.45, 2.75) is 19.4 Å². The quantitative estimate of drug-likeness (QED) is 0.912. The fourth-order valence-corrected chi connectivity index (χ4v) is 2.36. The van der Waals surface area contributed by atoms with Crippen LogP contribution >= 0.6 is 11.6 Å². The molecule has 0 aliphatic rings. The molecule has 0 unspecified atom stereocenters. The molecule has 0 saturated heterocycles. The Hall–Kier alpha value is -1.85. The second-order valence-corrected chi connectivity index (χ2v) is 6.08. The summed E-state index contributed by atoms with van der Waals surface area (Å²) >= 11 is 5.98. The molecular formula is C15H18ClN3O2. The van der Waals surface area contributed by atoms with Gasteiger partial charge in [0.25, 0.3) is 5.91 Å². The Balaban J connectivity index is 2.30. The topological polar surface area (TPSA) is 69.2 Å². The van der Waals surface area contributed by atoms with Crippen molar-refractivity contribution in [1.29, 1.82) is 0 Å². The highest BCUT2D eigenvalue weighted by molar-refractivity contribution is 6.30. The molecule has 0 radical (unpaired) electrons. The van der Waals surface area contributed by atoms with E-state index in [1.807, 2.05) is 12.1 Å². The van der Waals surface area contributed by atoms with Gasteiger partial charge in [0.2, 0.25) is 0 Å². The van der Waals surface area contributed by atoms with Gasteiger partial charge in [0, 0.05) is 24.2 Å². The van der Waals surface area contributed by atoms with Crippen LogP contribution in [0.15, 0.2) is 30.5 Å². The van der Waals surface area contributed by atoms with Crippen LogP contribution in [0.1, 0.15) is 24.2 Å². The van der Waals surface area contributed by atoms with Crippen molar-refractivity contribution in [2.24, 2.45) is 0 Å². The Morgan fingerprint density at radius 1 is 1.48 bits per heavy atom. The van der Waals surface area contributed by atoms with E-state index in [4.69, 9.17) is 11.6 Å². The van der Waals surface area contributed by atoms with E-state index in [1.54, 1.807) is 33.0 Å². The summed E-state index contributed by atoms with van der Waals surface area (Å²) in [6.45, 7) is 3.54. The summed E-state index contributed by atoms with van der Waals surface area (Å²) in [5.74, 6) is -0.208. The van der Waals surface area contributed by atoms with Crippen LogP contribution in [-0.4, -0.2) is 45.3 Å². The molecule has 6 heteroatoms. The largest absolute Gasteiger partial charge is 0.389 e. The lowest BCUT2D eigenvalue weighted by molar-refractivity contribution is 0.0368. The highest BCUT2D eigenvalue weighted by Gasteiger charge is 2.23. The minimum atomic E-state index is -0.954. The average Bonchev–Trinajstić information content (AvgIpc) is 2.84. The maximum atomic E-state index is 12.5. The smallest absolute Gasteiger partial charge is 0.257 e. The third-order valence-electron chi connectivity index (χ3n) is 2.95. The molecule has 5 nitrogen and oxygen atoms in total. The summed E-state index contributed by atoms with van der Waals surface area (Å²) in [5.41, 5.74) is 0.902. The van der Waals surface area contributed by atoms with Crippen LogP contribution in [0, 0.1) is 0 Å². The van der Waals surface area contributed by atoms with Crippen molar-refractivity contribution in [2.75, 3.05) is 13.6 Å². The van der Waals surface area contributed by atoms with Crippen molar-refractivity contribution in [3.63, 3.8) is 0 Å². The number of amides is 1. The van der Waals surface area contributed by atoms with Crippen LogP contribution in [0.3, 0.4) is 0 Å². The molecule has 0 fully saturated rings. The third-order valence-corrected chi connectivity index (χ3v) is 3.19. The highest BCUT2D eigenvalue weighted by atomic mass is 35.5. The molecule has 0 saturated carbocycles. The van der Waals surface area contributed by atoms with Gasteiger partial charge in [-0.3, -0.25) is 9.89 Å². The van der Waals surface area contributed by atoms with Gasteiger partial charge in [0.05, 0.1) is 23.1 Å². The molecule has 0 atom stereocenters. The molecule has 1 aromatic carbocycles. The molecule has 112 valence electrons. The van der Waals surface area contributed by atoms with Gasteiger partial charge in [-0.05, 0) is 26.0 Å². The number of nitrogens with zero attached hydrogens (tertiary/aromatic N) is 2. The number of aromatic nitrogens is 2. The second kappa shape index (κ2) is 5.87. The molecule has 0 bridgehead atoms. The molecule has 0 aliphatic heterocycles. The molecule has 2 aromatic rings. The van der Waals surface area contributed by atoms with E-state index in [0.717, 1.165) is 5.56 Å². The first-order valence-electron chi connectivity index (χ1n) is 6.55. The van der Waals surface area contributed by atoms with E-state index in [2.05, 4.69) is 10.2 Å². The zero-order chi connectivity index (χ0) is 15.6. The molecule has 21 heavy (non-hydrogen) atoms. The number of halogens is 1. The molecule has 1 heterocycles. The summed E-state index contributed by atoms with van der Waals surface area (Å²) in [6.07, 6.45) is 1.49. The minimum Gasteiger partial charge on any atom is -0.389 e. The fourth-order valence-electron chi connectivity index (χ4n) is 2.17. The van der Waals surface area contributed by atoms with Gasteiger partial charge in [-0.25, -0.2) is 0 Å². The first kappa shape index (κ1) is 15.5. The predicted octanol–water partition coefficient (Wildman–Crippen LogP) is 2.57. The van der Waals surface area contributed by atoms with Gasteiger partial charge in [-0.15, -0.1) is 0 Å². The molecular weight excluding hydrogens is 290 g/mol. The maximum Gasteiger partial charge on any atom is 0.257 e. The number of aromatic amines is 1. The number of carbonyl (C=O) groups is 1. The van der Waals surface area contributed by atoms with E-state index in [-0.39, 0.29) is 12.5 Å². The molecule has 2 N–H and O–H groups in total. The fraction of sp³-hybridized carbons (Fsp3) is 0.333. The SMILES string of the molecule is CN(CC(C)(C)O)C(=O)c1cn[nH]c1-c1cccc(Cl)c1. The molecule has 0 aliphatic carbocycles. The van der Waals surface area contributed by atoms with Crippen LogP contribution in [0.4, 0.5) is 0 Å². The Morgan fingerprint density at radius 3 is 2.81 bits per heavy atom. The maximum absolute atomic E-state index is 12.5. The first-order valence-corrected chi connectivity index (χ1v) is 6.93. The summed E-state index contributed by atoms with van der Waals surface area (Å²) in [6, 6.07) is 7.20. The van der Waals surface area contributed by atoms with E-state index < -0.39 is 5.60 Å². The summed E-state index contributed by atoms with van der Waals surface area (Å²) in [4.78, 5) is 14.0. The number of likely N-dealkylation sites (N-methyl/N-ethyl adjacent to an activating group) is 1. The third kappa shape index (κ3) is 3.83. The van der Waals surface area contributed by atoms with Crippen LogP contribution in [0.25, 0.3) is 11.3 Å². The van der Waals surface area contributed by atoms with E-state index in [9.17, 15) is 9.90 Å².